The maximum absolute atomic E-state index is 7.64. The van der Waals surface area contributed by atoms with Crippen molar-refractivity contribution < 1.29 is 9.47 Å². The maximum Gasteiger partial charge on any atom is 0.230 e. The SMILES string of the molecule is COc1cc(C)ccc1Oc1nccc(C)c1C(=N)N. The van der Waals surface area contributed by atoms with E-state index in [-0.39, 0.29) is 5.84 Å². The minimum absolute atomic E-state index is 0.0725. The van der Waals surface area contributed by atoms with Crippen LogP contribution in [-0.2, 0) is 0 Å². The Hall–Kier alpha value is -2.56. The minimum atomic E-state index is -0.0725. The number of hydrogen-bond acceptors (Lipinski definition) is 4. The zero-order valence-electron chi connectivity index (χ0n) is 11.7. The van der Waals surface area contributed by atoms with E-state index in [1.54, 1.807) is 19.4 Å². The van der Waals surface area contributed by atoms with E-state index in [1.165, 1.54) is 0 Å². The molecule has 0 amide bonds. The highest BCUT2D eigenvalue weighted by Crippen LogP contribution is 2.33. The molecular weight excluding hydrogens is 254 g/mol. The van der Waals surface area contributed by atoms with Crippen LogP contribution >= 0.6 is 0 Å². The van der Waals surface area contributed by atoms with Gasteiger partial charge in [-0.25, -0.2) is 4.98 Å². The molecule has 20 heavy (non-hydrogen) atoms. The summed E-state index contributed by atoms with van der Waals surface area (Å²) in [5.74, 6) is 1.39. The number of hydrogen-bond donors (Lipinski definition) is 2. The van der Waals surface area contributed by atoms with E-state index in [1.807, 2.05) is 32.0 Å². The van der Waals surface area contributed by atoms with E-state index in [2.05, 4.69) is 4.98 Å². The molecule has 104 valence electrons. The molecule has 5 heteroatoms. The summed E-state index contributed by atoms with van der Waals surface area (Å²) >= 11 is 0. The molecule has 3 N–H and O–H groups in total. The Morgan fingerprint density at radius 2 is 1.95 bits per heavy atom. The van der Waals surface area contributed by atoms with Gasteiger partial charge in [0.1, 0.15) is 5.84 Å². The molecule has 0 aliphatic rings. The van der Waals surface area contributed by atoms with Crippen LogP contribution in [-0.4, -0.2) is 17.9 Å². The predicted molar refractivity (Wildman–Crippen MR) is 77.8 cm³/mol. The molecule has 1 heterocycles. The molecule has 0 unspecified atom stereocenters. The summed E-state index contributed by atoms with van der Waals surface area (Å²) in [4.78, 5) is 4.16. The number of nitrogen functional groups attached to an aromatic ring is 1. The maximum atomic E-state index is 7.64. The van der Waals surface area contributed by atoms with E-state index in [0.29, 0.717) is 22.9 Å². The van der Waals surface area contributed by atoms with Crippen LogP contribution in [0.4, 0.5) is 0 Å². The van der Waals surface area contributed by atoms with Gasteiger partial charge in [0.05, 0.1) is 12.7 Å². The van der Waals surface area contributed by atoms with Gasteiger partial charge >= 0.3 is 0 Å². The summed E-state index contributed by atoms with van der Waals surface area (Å²) in [5.41, 5.74) is 8.00. The molecule has 0 spiro atoms. The monoisotopic (exact) mass is 271 g/mol. The van der Waals surface area contributed by atoms with Crippen molar-refractivity contribution >= 4 is 5.84 Å². The van der Waals surface area contributed by atoms with Gasteiger partial charge < -0.3 is 15.2 Å². The van der Waals surface area contributed by atoms with Crippen LogP contribution in [0.2, 0.25) is 0 Å². The highest BCUT2D eigenvalue weighted by Gasteiger charge is 2.14. The fraction of sp³-hybridized carbons (Fsp3) is 0.200. The third kappa shape index (κ3) is 2.71. The summed E-state index contributed by atoms with van der Waals surface area (Å²) in [6.45, 7) is 3.83. The molecule has 1 aromatic heterocycles. The second-order valence-electron chi connectivity index (χ2n) is 4.48. The molecule has 0 fully saturated rings. The molecule has 0 saturated heterocycles. The molecule has 0 aliphatic heterocycles. The van der Waals surface area contributed by atoms with Gasteiger partial charge in [-0.2, -0.15) is 0 Å². The quantitative estimate of drug-likeness (QED) is 0.661. The molecule has 0 radical (unpaired) electrons. The number of amidine groups is 1. The van der Waals surface area contributed by atoms with Crippen LogP contribution in [0.25, 0.3) is 0 Å². The van der Waals surface area contributed by atoms with Crippen molar-refractivity contribution in [3.8, 4) is 17.4 Å². The van der Waals surface area contributed by atoms with Gasteiger partial charge in [0.2, 0.25) is 5.88 Å². The van der Waals surface area contributed by atoms with Gasteiger partial charge in [-0.15, -0.1) is 0 Å². The third-order valence-electron chi connectivity index (χ3n) is 2.92. The zero-order chi connectivity index (χ0) is 14.7. The summed E-state index contributed by atoms with van der Waals surface area (Å²) in [6.07, 6.45) is 1.62. The number of nitrogens with one attached hydrogen (secondary N) is 1. The first-order chi connectivity index (χ1) is 9.52. The summed E-state index contributed by atoms with van der Waals surface area (Å²) in [5, 5.41) is 7.64. The van der Waals surface area contributed by atoms with Crippen LogP contribution < -0.4 is 15.2 Å². The fourth-order valence-electron chi connectivity index (χ4n) is 1.90. The number of ether oxygens (including phenoxy) is 2. The van der Waals surface area contributed by atoms with Crippen molar-refractivity contribution in [2.45, 2.75) is 13.8 Å². The van der Waals surface area contributed by atoms with Gasteiger partial charge in [0, 0.05) is 6.20 Å². The number of nitrogens with two attached hydrogens (primary N) is 1. The smallest absolute Gasteiger partial charge is 0.230 e. The molecule has 2 rings (SSSR count). The lowest BCUT2D eigenvalue weighted by atomic mass is 10.1. The highest BCUT2D eigenvalue weighted by molar-refractivity contribution is 5.98. The number of aryl methyl sites for hydroxylation is 2. The summed E-state index contributed by atoms with van der Waals surface area (Å²) in [7, 11) is 1.58. The molecule has 0 aliphatic carbocycles. The zero-order valence-corrected chi connectivity index (χ0v) is 11.7. The predicted octanol–water partition coefficient (Wildman–Crippen LogP) is 2.78. The van der Waals surface area contributed by atoms with Gasteiger partial charge in [-0.1, -0.05) is 6.07 Å². The number of benzene rings is 1. The Labute approximate surface area is 117 Å². The number of aromatic nitrogens is 1. The Morgan fingerprint density at radius 1 is 1.20 bits per heavy atom. The number of methoxy groups -OCH3 is 1. The first kappa shape index (κ1) is 13.9. The number of nitrogens with zero attached hydrogens (tertiary/aromatic N) is 1. The number of rotatable bonds is 4. The first-order valence-electron chi connectivity index (χ1n) is 6.15. The molecule has 0 saturated carbocycles. The lowest BCUT2D eigenvalue weighted by molar-refractivity contribution is 0.373. The Balaban J connectivity index is 2.45. The molecular formula is C15H17N3O2. The van der Waals surface area contributed by atoms with Gasteiger partial charge in [0.15, 0.2) is 11.5 Å². The van der Waals surface area contributed by atoms with Crippen molar-refractivity contribution in [2.24, 2.45) is 5.73 Å². The van der Waals surface area contributed by atoms with Crippen molar-refractivity contribution in [1.82, 2.24) is 4.98 Å². The summed E-state index contributed by atoms with van der Waals surface area (Å²) in [6, 6.07) is 7.39. The van der Waals surface area contributed by atoms with Gasteiger partial charge in [-0.3, -0.25) is 5.41 Å². The lowest BCUT2D eigenvalue weighted by Crippen LogP contribution is -2.15. The van der Waals surface area contributed by atoms with Crippen LogP contribution in [0.3, 0.4) is 0 Å². The summed E-state index contributed by atoms with van der Waals surface area (Å²) < 4.78 is 11.1. The van der Waals surface area contributed by atoms with Crippen molar-refractivity contribution in [2.75, 3.05) is 7.11 Å². The van der Waals surface area contributed by atoms with E-state index < -0.39 is 0 Å². The average Bonchev–Trinajstić information content (AvgIpc) is 2.40. The molecule has 0 bridgehead atoms. The topological polar surface area (TPSA) is 81.2 Å². The van der Waals surface area contributed by atoms with Gasteiger partial charge in [0.25, 0.3) is 0 Å². The normalized spacial score (nSPS) is 10.2. The van der Waals surface area contributed by atoms with E-state index >= 15 is 0 Å². The second-order valence-corrected chi connectivity index (χ2v) is 4.48. The van der Waals surface area contributed by atoms with Crippen LogP contribution in [0.1, 0.15) is 16.7 Å². The Kier molecular flexibility index (Phi) is 3.89. The lowest BCUT2D eigenvalue weighted by Gasteiger charge is -2.13. The highest BCUT2D eigenvalue weighted by atomic mass is 16.5. The van der Waals surface area contributed by atoms with E-state index in [4.69, 9.17) is 20.6 Å². The van der Waals surface area contributed by atoms with Crippen molar-refractivity contribution in [1.29, 1.82) is 5.41 Å². The molecule has 5 nitrogen and oxygen atoms in total. The second kappa shape index (κ2) is 5.61. The molecule has 1 aromatic carbocycles. The van der Waals surface area contributed by atoms with Crippen LogP contribution in [0.15, 0.2) is 30.5 Å². The standard InChI is InChI=1S/C15H17N3O2/c1-9-4-5-11(12(8-9)19-3)20-15-13(14(16)17)10(2)6-7-18-15/h4-8H,1-3H3,(H3,16,17). The third-order valence-corrected chi connectivity index (χ3v) is 2.92. The van der Waals surface area contributed by atoms with Crippen LogP contribution in [0, 0.1) is 19.3 Å². The minimum Gasteiger partial charge on any atom is -0.493 e. The fourth-order valence-corrected chi connectivity index (χ4v) is 1.90. The molecule has 2 aromatic rings. The number of pyridine rings is 1. The Morgan fingerprint density at radius 3 is 2.60 bits per heavy atom. The van der Waals surface area contributed by atoms with E-state index in [9.17, 15) is 0 Å². The van der Waals surface area contributed by atoms with Crippen molar-refractivity contribution in [3.63, 3.8) is 0 Å². The van der Waals surface area contributed by atoms with Gasteiger partial charge in [-0.05, 0) is 43.2 Å². The Bertz CT molecular complexity index is 654. The first-order valence-corrected chi connectivity index (χ1v) is 6.15. The average molecular weight is 271 g/mol. The molecule has 0 atom stereocenters. The largest absolute Gasteiger partial charge is 0.493 e. The van der Waals surface area contributed by atoms with Crippen LogP contribution in [0.5, 0.6) is 17.4 Å². The van der Waals surface area contributed by atoms with Crippen molar-refractivity contribution in [3.05, 3.63) is 47.2 Å². The van der Waals surface area contributed by atoms with E-state index in [0.717, 1.165) is 11.1 Å².